The molecule has 0 saturated carbocycles. The molecule has 8 aromatic carbocycles. The van der Waals surface area contributed by atoms with Gasteiger partial charge in [-0.2, -0.15) is 0 Å². The third-order valence-electron chi connectivity index (χ3n) is 10.7. The molecule has 51 heavy (non-hydrogen) atoms. The summed E-state index contributed by atoms with van der Waals surface area (Å²) < 4.78 is 0. The molecule has 2 heteroatoms. The highest BCUT2D eigenvalue weighted by Crippen LogP contribution is 2.61. The molecule has 0 atom stereocenters. The molecule has 0 amide bonds. The molecule has 1 heterocycles. The van der Waals surface area contributed by atoms with Crippen LogP contribution in [0.15, 0.2) is 200 Å². The number of hydrogen-bond donors (Lipinski definition) is 1. The number of nitrogens with one attached hydrogen (secondary N) is 1. The summed E-state index contributed by atoms with van der Waals surface area (Å²) in [6, 6.07) is 72.9. The van der Waals surface area contributed by atoms with Crippen molar-refractivity contribution in [2.24, 2.45) is 0 Å². The van der Waals surface area contributed by atoms with Gasteiger partial charge in [0.1, 0.15) is 0 Å². The zero-order chi connectivity index (χ0) is 33.8. The third-order valence-corrected chi connectivity index (χ3v) is 10.7. The molecule has 0 bridgehead atoms. The van der Waals surface area contributed by atoms with Crippen LogP contribution in [0.2, 0.25) is 0 Å². The van der Waals surface area contributed by atoms with Gasteiger partial charge in [0.25, 0.3) is 0 Å². The molecule has 2 nitrogen and oxygen atoms in total. The maximum absolute atomic E-state index is 3.87. The highest BCUT2D eigenvalue weighted by atomic mass is 15.2. The summed E-state index contributed by atoms with van der Waals surface area (Å²) in [5, 5.41) is 3.87. The van der Waals surface area contributed by atoms with Crippen LogP contribution in [0.25, 0.3) is 33.4 Å². The Morgan fingerprint density at radius 2 is 0.824 bits per heavy atom. The lowest BCUT2D eigenvalue weighted by molar-refractivity contribution is 0.768. The van der Waals surface area contributed by atoms with Gasteiger partial charge in [-0.15, -0.1) is 0 Å². The Labute approximate surface area is 298 Å². The summed E-state index contributed by atoms with van der Waals surface area (Å²) in [5.74, 6) is 0. The van der Waals surface area contributed by atoms with Crippen molar-refractivity contribution >= 4 is 28.4 Å². The average Bonchev–Trinajstić information content (AvgIpc) is 3.52. The minimum absolute atomic E-state index is 0.474. The van der Waals surface area contributed by atoms with Gasteiger partial charge >= 0.3 is 0 Å². The van der Waals surface area contributed by atoms with E-state index in [1.807, 2.05) is 0 Å². The van der Waals surface area contributed by atoms with E-state index in [2.05, 4.69) is 210 Å². The van der Waals surface area contributed by atoms with E-state index >= 15 is 0 Å². The lowest BCUT2D eigenvalue weighted by atomic mass is 9.68. The molecule has 0 fully saturated rings. The smallest absolute Gasteiger partial charge is 0.0714 e. The molecule has 0 spiro atoms. The molecule has 0 unspecified atom stereocenters. The molecule has 1 N–H and O–H groups in total. The van der Waals surface area contributed by atoms with Crippen LogP contribution in [-0.2, 0) is 5.41 Å². The summed E-state index contributed by atoms with van der Waals surface area (Å²) in [6.07, 6.45) is 0. The van der Waals surface area contributed by atoms with E-state index in [0.29, 0.717) is 0 Å². The van der Waals surface area contributed by atoms with Crippen molar-refractivity contribution in [3.63, 3.8) is 0 Å². The second-order valence-corrected chi connectivity index (χ2v) is 13.4. The van der Waals surface area contributed by atoms with E-state index < -0.39 is 5.41 Å². The van der Waals surface area contributed by atoms with Crippen molar-refractivity contribution in [2.45, 2.75) is 5.41 Å². The van der Waals surface area contributed by atoms with Gasteiger partial charge < -0.3 is 10.2 Å². The van der Waals surface area contributed by atoms with Gasteiger partial charge in [0.15, 0.2) is 0 Å². The van der Waals surface area contributed by atoms with Gasteiger partial charge in [0, 0.05) is 5.56 Å². The number of nitrogens with zero attached hydrogens (tertiary/aromatic N) is 1. The van der Waals surface area contributed by atoms with Crippen molar-refractivity contribution in [3.8, 4) is 33.4 Å². The monoisotopic (exact) mass is 650 g/mol. The molecule has 10 rings (SSSR count). The Morgan fingerprint density at radius 1 is 0.353 bits per heavy atom. The maximum atomic E-state index is 3.87. The Kier molecular flexibility index (Phi) is 6.75. The second kappa shape index (κ2) is 11.8. The standard InChI is InChI=1S/C49H34N2/c1-5-16-34(17-6-1)36-28-30-45-43(32-36)50-44-33-37(35-18-7-2-8-19-35)29-31-46(44)51(45)47-27-15-26-42-48(47)40-24-13-14-25-41(40)49(42,38-20-9-3-10-21-38)39-22-11-4-12-23-39/h1-33,50H. The fraction of sp³-hybridized carbons (Fsp3) is 0.0204. The normalized spacial score (nSPS) is 13.4. The second-order valence-electron chi connectivity index (χ2n) is 13.4. The van der Waals surface area contributed by atoms with E-state index in [9.17, 15) is 0 Å². The molecular weight excluding hydrogens is 617 g/mol. The quantitative estimate of drug-likeness (QED) is 0.199. The number of hydrogen-bond acceptors (Lipinski definition) is 2. The van der Waals surface area contributed by atoms with Crippen LogP contribution in [-0.4, -0.2) is 0 Å². The van der Waals surface area contributed by atoms with Crippen LogP contribution >= 0.6 is 0 Å². The zero-order valence-corrected chi connectivity index (χ0v) is 28.0. The fourth-order valence-electron chi connectivity index (χ4n) is 8.48. The molecule has 2 aliphatic rings. The highest BCUT2D eigenvalue weighted by molar-refractivity contribution is 6.04. The molecule has 0 aromatic heterocycles. The first-order valence-electron chi connectivity index (χ1n) is 17.6. The Balaban J connectivity index is 1.25. The minimum Gasteiger partial charge on any atom is -0.352 e. The van der Waals surface area contributed by atoms with Crippen molar-refractivity contribution < 1.29 is 0 Å². The van der Waals surface area contributed by atoms with E-state index in [0.717, 1.165) is 28.4 Å². The third kappa shape index (κ3) is 4.50. The van der Waals surface area contributed by atoms with Crippen molar-refractivity contribution in [1.82, 2.24) is 0 Å². The van der Waals surface area contributed by atoms with Crippen molar-refractivity contribution in [1.29, 1.82) is 0 Å². The summed E-state index contributed by atoms with van der Waals surface area (Å²) in [5.41, 5.74) is 17.5. The van der Waals surface area contributed by atoms with Crippen LogP contribution in [0.4, 0.5) is 28.4 Å². The predicted octanol–water partition coefficient (Wildman–Crippen LogP) is 12.9. The average molecular weight is 651 g/mol. The number of fused-ring (bicyclic) bond motifs is 5. The summed E-state index contributed by atoms with van der Waals surface area (Å²) in [6.45, 7) is 0. The summed E-state index contributed by atoms with van der Waals surface area (Å²) in [7, 11) is 0. The summed E-state index contributed by atoms with van der Waals surface area (Å²) >= 11 is 0. The zero-order valence-electron chi connectivity index (χ0n) is 28.0. The highest BCUT2D eigenvalue weighted by Gasteiger charge is 2.47. The minimum atomic E-state index is -0.474. The van der Waals surface area contributed by atoms with E-state index in [1.54, 1.807) is 0 Å². The first-order valence-corrected chi connectivity index (χ1v) is 17.6. The van der Waals surface area contributed by atoms with E-state index in [-0.39, 0.29) is 0 Å². The van der Waals surface area contributed by atoms with Gasteiger partial charge in [-0.3, -0.25) is 0 Å². The van der Waals surface area contributed by atoms with Crippen LogP contribution in [0.1, 0.15) is 22.3 Å². The van der Waals surface area contributed by atoms with Crippen molar-refractivity contribution in [3.05, 3.63) is 222 Å². The first-order chi connectivity index (χ1) is 25.3. The topological polar surface area (TPSA) is 15.3 Å². The van der Waals surface area contributed by atoms with Gasteiger partial charge in [-0.05, 0) is 80.4 Å². The molecule has 0 saturated heterocycles. The molecule has 8 aromatic rings. The largest absolute Gasteiger partial charge is 0.352 e. The number of benzene rings is 8. The molecule has 240 valence electrons. The van der Waals surface area contributed by atoms with Crippen LogP contribution in [0, 0.1) is 0 Å². The Hall–Kier alpha value is -6.64. The van der Waals surface area contributed by atoms with Crippen LogP contribution < -0.4 is 10.2 Å². The van der Waals surface area contributed by atoms with Gasteiger partial charge in [-0.1, -0.05) is 170 Å². The van der Waals surface area contributed by atoms with Gasteiger partial charge in [-0.25, -0.2) is 0 Å². The maximum Gasteiger partial charge on any atom is 0.0714 e. The summed E-state index contributed by atoms with van der Waals surface area (Å²) in [4.78, 5) is 2.48. The first kappa shape index (κ1) is 29.3. The van der Waals surface area contributed by atoms with Gasteiger partial charge in [0.2, 0.25) is 0 Å². The number of rotatable bonds is 5. The van der Waals surface area contributed by atoms with Gasteiger partial charge in [0.05, 0.1) is 33.9 Å². The molecule has 1 aliphatic heterocycles. The fourth-order valence-corrected chi connectivity index (χ4v) is 8.48. The van der Waals surface area contributed by atoms with E-state index in [4.69, 9.17) is 0 Å². The Bertz CT molecular complexity index is 2410. The van der Waals surface area contributed by atoms with E-state index in [1.165, 1.54) is 55.6 Å². The molecule has 0 radical (unpaired) electrons. The molecule has 1 aliphatic carbocycles. The lowest BCUT2D eigenvalue weighted by Gasteiger charge is -2.37. The predicted molar refractivity (Wildman–Crippen MR) is 213 cm³/mol. The van der Waals surface area contributed by atoms with Crippen LogP contribution in [0.5, 0.6) is 0 Å². The SMILES string of the molecule is c1ccc(-c2ccc3c(c2)Nc2cc(-c4ccccc4)ccc2N3c2cccc3c2-c2ccccc2C3(c2ccccc2)c2ccccc2)cc1. The lowest BCUT2D eigenvalue weighted by Crippen LogP contribution is -2.28. The van der Waals surface area contributed by atoms with Crippen molar-refractivity contribution in [2.75, 3.05) is 10.2 Å². The van der Waals surface area contributed by atoms with Crippen LogP contribution in [0.3, 0.4) is 0 Å². The Morgan fingerprint density at radius 3 is 1.37 bits per heavy atom. The molecular formula is C49H34N2. The number of anilines is 5.